The van der Waals surface area contributed by atoms with Crippen LogP contribution in [0.1, 0.15) is 58.8 Å². The van der Waals surface area contributed by atoms with E-state index < -0.39 is 0 Å². The minimum absolute atomic E-state index is 0.775. The molecule has 0 aliphatic heterocycles. The number of unbranched alkanes of at least 4 members (excludes halogenated alkanes) is 2. The molecule has 0 amide bonds. The van der Waals surface area contributed by atoms with E-state index in [9.17, 15) is 0 Å². The van der Waals surface area contributed by atoms with Gasteiger partial charge >= 0.3 is 0 Å². The molecule has 3 aliphatic carbocycles. The van der Waals surface area contributed by atoms with Crippen LogP contribution in [0, 0.1) is 29.1 Å². The highest BCUT2D eigenvalue weighted by Crippen LogP contribution is 2.72. The monoisotopic (exact) mass is 192 g/mol. The molecular formula is C14H24. The zero-order valence-electron chi connectivity index (χ0n) is 9.76. The smallest absolute Gasteiger partial charge is 0.0292 e. The van der Waals surface area contributed by atoms with Crippen molar-refractivity contribution in [2.75, 3.05) is 0 Å². The van der Waals surface area contributed by atoms with E-state index in [-0.39, 0.29) is 0 Å². The Morgan fingerprint density at radius 1 is 1.14 bits per heavy atom. The molecule has 3 aliphatic rings. The number of hydrogen-bond donors (Lipinski definition) is 0. The molecule has 0 heterocycles. The van der Waals surface area contributed by atoms with Crippen LogP contribution in [0.25, 0.3) is 0 Å². The van der Waals surface area contributed by atoms with Crippen molar-refractivity contribution in [3.05, 3.63) is 0 Å². The van der Waals surface area contributed by atoms with Crippen molar-refractivity contribution in [2.45, 2.75) is 58.8 Å². The second kappa shape index (κ2) is 3.00. The Labute approximate surface area is 88.5 Å². The first-order valence-corrected chi connectivity index (χ1v) is 6.74. The lowest BCUT2D eigenvalue weighted by atomic mass is 9.50. The van der Waals surface area contributed by atoms with Crippen LogP contribution in [0.2, 0.25) is 0 Å². The second-order valence-corrected chi connectivity index (χ2v) is 6.49. The molecule has 3 fully saturated rings. The highest BCUT2D eigenvalue weighted by atomic mass is 14.7. The third-order valence-electron chi connectivity index (χ3n) is 5.69. The maximum atomic E-state index is 2.60. The summed E-state index contributed by atoms with van der Waals surface area (Å²) >= 11 is 0. The Kier molecular flexibility index (Phi) is 1.98. The third-order valence-corrected chi connectivity index (χ3v) is 5.69. The van der Waals surface area contributed by atoms with Gasteiger partial charge in [-0.15, -0.1) is 0 Å². The van der Waals surface area contributed by atoms with Crippen molar-refractivity contribution in [1.29, 1.82) is 0 Å². The lowest BCUT2D eigenvalue weighted by molar-refractivity contribution is -0.0640. The number of rotatable bonds is 4. The molecule has 0 heteroatoms. The van der Waals surface area contributed by atoms with Crippen molar-refractivity contribution in [1.82, 2.24) is 0 Å². The average Bonchev–Trinajstić information content (AvgIpc) is 2.25. The van der Waals surface area contributed by atoms with Gasteiger partial charge in [-0.25, -0.2) is 0 Å². The van der Waals surface area contributed by atoms with Crippen LogP contribution in [0.15, 0.2) is 0 Å². The molecule has 0 radical (unpaired) electrons. The fourth-order valence-corrected chi connectivity index (χ4v) is 4.88. The molecule has 0 aromatic carbocycles. The van der Waals surface area contributed by atoms with Gasteiger partial charge in [-0.3, -0.25) is 0 Å². The predicted molar refractivity (Wildman–Crippen MR) is 60.1 cm³/mol. The van der Waals surface area contributed by atoms with Gasteiger partial charge in [0.2, 0.25) is 0 Å². The van der Waals surface area contributed by atoms with Gasteiger partial charge in [0.05, 0.1) is 0 Å². The molecule has 0 bridgehead atoms. The second-order valence-electron chi connectivity index (χ2n) is 6.49. The predicted octanol–water partition coefficient (Wildman–Crippen LogP) is 4.25. The van der Waals surface area contributed by atoms with E-state index in [0.717, 1.165) is 11.3 Å². The van der Waals surface area contributed by atoms with Crippen LogP contribution in [0.4, 0.5) is 0 Å². The Morgan fingerprint density at radius 2 is 2.00 bits per heavy atom. The normalized spacial score (nSPS) is 53.6. The Hall–Kier alpha value is 0. The molecular weight excluding hydrogens is 168 g/mol. The van der Waals surface area contributed by atoms with Crippen LogP contribution in [-0.4, -0.2) is 0 Å². The van der Waals surface area contributed by atoms with E-state index in [0.29, 0.717) is 0 Å². The van der Waals surface area contributed by atoms with Gasteiger partial charge in [0, 0.05) is 0 Å². The van der Waals surface area contributed by atoms with Crippen LogP contribution in [0.5, 0.6) is 0 Å². The van der Waals surface area contributed by atoms with E-state index in [4.69, 9.17) is 0 Å². The van der Waals surface area contributed by atoms with Crippen molar-refractivity contribution < 1.29 is 0 Å². The summed E-state index contributed by atoms with van der Waals surface area (Å²) in [5, 5.41) is 0. The summed E-state index contributed by atoms with van der Waals surface area (Å²) < 4.78 is 0. The lowest BCUT2D eigenvalue weighted by Gasteiger charge is -2.55. The topological polar surface area (TPSA) is 0 Å². The molecule has 0 N–H and O–H groups in total. The molecule has 3 rings (SSSR count). The first-order chi connectivity index (χ1) is 6.74. The van der Waals surface area contributed by atoms with Crippen LogP contribution >= 0.6 is 0 Å². The van der Waals surface area contributed by atoms with Crippen molar-refractivity contribution in [3.63, 3.8) is 0 Å². The fourth-order valence-electron chi connectivity index (χ4n) is 4.88. The highest BCUT2D eigenvalue weighted by molar-refractivity contribution is 5.13. The maximum Gasteiger partial charge on any atom is -0.0292 e. The Morgan fingerprint density at radius 3 is 2.64 bits per heavy atom. The molecule has 80 valence electrons. The zero-order chi connectivity index (χ0) is 9.76. The quantitative estimate of drug-likeness (QED) is 0.584. The molecule has 0 aromatic rings. The Bertz CT molecular complexity index is 232. The fraction of sp³-hybridized carbons (Fsp3) is 1.00. The third kappa shape index (κ3) is 1.06. The molecule has 0 saturated heterocycles. The number of hydrogen-bond acceptors (Lipinski definition) is 0. The van der Waals surface area contributed by atoms with Crippen molar-refractivity contribution in [2.24, 2.45) is 29.1 Å². The van der Waals surface area contributed by atoms with E-state index >= 15 is 0 Å². The van der Waals surface area contributed by atoms with Crippen molar-refractivity contribution >= 4 is 0 Å². The van der Waals surface area contributed by atoms with Gasteiger partial charge in [-0.2, -0.15) is 0 Å². The molecule has 14 heavy (non-hydrogen) atoms. The minimum Gasteiger partial charge on any atom is -0.0654 e. The van der Waals surface area contributed by atoms with E-state index in [1.54, 1.807) is 19.3 Å². The summed E-state index contributed by atoms with van der Waals surface area (Å²) in [4.78, 5) is 0. The van der Waals surface area contributed by atoms with Gasteiger partial charge in [0.15, 0.2) is 0 Å². The van der Waals surface area contributed by atoms with Gasteiger partial charge < -0.3 is 0 Å². The van der Waals surface area contributed by atoms with Gasteiger partial charge in [-0.1, -0.05) is 33.1 Å². The summed E-state index contributed by atoms with van der Waals surface area (Å²) in [6.45, 7) is 4.92. The summed E-state index contributed by atoms with van der Waals surface area (Å²) in [6.07, 6.45) is 10.7. The molecule has 5 unspecified atom stereocenters. The molecule has 3 saturated carbocycles. The lowest BCUT2D eigenvalue weighted by Crippen LogP contribution is -2.48. The SMILES string of the molecule is CCCCCC1(C)CC2CC3CC1C32. The molecule has 5 atom stereocenters. The highest BCUT2D eigenvalue weighted by Gasteiger charge is 2.64. The standard InChI is InChI=1S/C14H24/c1-3-4-5-6-14(2)9-11-7-10-8-12(14)13(10)11/h10-13H,3-9H2,1-2H3. The summed E-state index contributed by atoms with van der Waals surface area (Å²) in [7, 11) is 0. The average molecular weight is 192 g/mol. The summed E-state index contributed by atoms with van der Waals surface area (Å²) in [5.41, 5.74) is 0.775. The summed E-state index contributed by atoms with van der Waals surface area (Å²) in [6, 6.07) is 0. The first-order valence-electron chi connectivity index (χ1n) is 6.74. The van der Waals surface area contributed by atoms with Crippen LogP contribution < -0.4 is 0 Å². The van der Waals surface area contributed by atoms with Gasteiger partial charge in [-0.05, 0) is 54.8 Å². The maximum absolute atomic E-state index is 2.60. The zero-order valence-corrected chi connectivity index (χ0v) is 9.76. The van der Waals surface area contributed by atoms with Gasteiger partial charge in [0.25, 0.3) is 0 Å². The minimum atomic E-state index is 0.775. The van der Waals surface area contributed by atoms with E-state index in [1.807, 2.05) is 0 Å². The molecule has 0 nitrogen and oxygen atoms in total. The van der Waals surface area contributed by atoms with Crippen LogP contribution in [0.3, 0.4) is 0 Å². The van der Waals surface area contributed by atoms with E-state index in [2.05, 4.69) is 13.8 Å². The Balaban J connectivity index is 1.60. The van der Waals surface area contributed by atoms with Gasteiger partial charge in [0.1, 0.15) is 0 Å². The first kappa shape index (κ1) is 9.24. The molecule has 0 aromatic heterocycles. The largest absolute Gasteiger partial charge is 0.0654 e. The molecule has 0 spiro atoms. The van der Waals surface area contributed by atoms with Crippen molar-refractivity contribution in [3.8, 4) is 0 Å². The van der Waals surface area contributed by atoms with E-state index in [1.165, 1.54) is 43.4 Å². The summed E-state index contributed by atoms with van der Waals surface area (Å²) in [5.74, 6) is 4.73. The van der Waals surface area contributed by atoms with Crippen LogP contribution in [-0.2, 0) is 0 Å².